The van der Waals surface area contributed by atoms with E-state index in [1.54, 1.807) is 48.0 Å². The largest absolute Gasteiger partial charge is 0.441 e. The normalized spacial score (nSPS) is 10.9. The lowest BCUT2D eigenvalue weighted by Gasteiger charge is -2.06. The lowest BCUT2D eigenvalue weighted by molar-refractivity contribution is 0.102. The molecule has 152 valence electrons. The minimum atomic E-state index is -0.384. The van der Waals surface area contributed by atoms with Crippen LogP contribution in [0.15, 0.2) is 52.9 Å². The molecular formula is C21H17Cl2N5O2. The third-order valence-corrected chi connectivity index (χ3v) is 5.18. The fourth-order valence-corrected chi connectivity index (χ4v) is 3.21. The molecule has 1 amide bonds. The molecule has 0 aliphatic heterocycles. The quantitative estimate of drug-likeness (QED) is 0.462. The molecule has 1 N–H and O–H groups in total. The van der Waals surface area contributed by atoms with Crippen LogP contribution in [0.4, 0.5) is 5.69 Å². The third-order valence-electron chi connectivity index (χ3n) is 4.60. The van der Waals surface area contributed by atoms with Crippen LogP contribution in [0.5, 0.6) is 0 Å². The van der Waals surface area contributed by atoms with Crippen molar-refractivity contribution in [2.24, 2.45) is 0 Å². The lowest BCUT2D eigenvalue weighted by atomic mass is 10.2. The standard InChI is InChI=1S/C21H17Cl2N5O2/c1-12-19(20(29)24-17-6-4-3-5-16(17)23)26-27-28(12)11-18-13(2)30-21(25-18)14-7-9-15(22)10-8-14/h3-10H,11H2,1-2H3,(H,24,29). The van der Waals surface area contributed by atoms with Gasteiger partial charge in [-0.05, 0) is 50.2 Å². The van der Waals surface area contributed by atoms with E-state index in [9.17, 15) is 4.79 Å². The number of carbonyl (C=O) groups is 1. The van der Waals surface area contributed by atoms with Crippen molar-refractivity contribution in [3.8, 4) is 11.5 Å². The maximum Gasteiger partial charge on any atom is 0.278 e. The molecule has 0 radical (unpaired) electrons. The zero-order valence-corrected chi connectivity index (χ0v) is 17.7. The Labute approximate surface area is 182 Å². The maximum atomic E-state index is 12.6. The van der Waals surface area contributed by atoms with Crippen molar-refractivity contribution in [1.82, 2.24) is 20.0 Å². The van der Waals surface area contributed by atoms with E-state index >= 15 is 0 Å². The zero-order valence-electron chi connectivity index (χ0n) is 16.2. The number of amides is 1. The Balaban J connectivity index is 1.54. The lowest BCUT2D eigenvalue weighted by Crippen LogP contribution is -2.14. The van der Waals surface area contributed by atoms with E-state index in [1.165, 1.54) is 0 Å². The predicted molar refractivity (Wildman–Crippen MR) is 115 cm³/mol. The topological polar surface area (TPSA) is 85.8 Å². The van der Waals surface area contributed by atoms with Gasteiger partial charge < -0.3 is 9.73 Å². The summed E-state index contributed by atoms with van der Waals surface area (Å²) < 4.78 is 7.40. The molecule has 2 heterocycles. The smallest absolute Gasteiger partial charge is 0.278 e. The Morgan fingerprint density at radius 3 is 2.57 bits per heavy atom. The molecule has 0 bridgehead atoms. The number of hydrogen-bond acceptors (Lipinski definition) is 5. The molecule has 0 saturated carbocycles. The van der Waals surface area contributed by atoms with Crippen LogP contribution in [-0.2, 0) is 6.54 Å². The van der Waals surface area contributed by atoms with Gasteiger partial charge in [0.05, 0.1) is 22.9 Å². The van der Waals surface area contributed by atoms with Crippen molar-refractivity contribution in [3.05, 3.63) is 81.4 Å². The Bertz CT molecular complexity index is 1210. The van der Waals surface area contributed by atoms with Crippen LogP contribution in [0, 0.1) is 13.8 Å². The monoisotopic (exact) mass is 441 g/mol. The SMILES string of the molecule is Cc1oc(-c2ccc(Cl)cc2)nc1Cn1nnc(C(=O)Nc2ccccc2Cl)c1C. The van der Waals surface area contributed by atoms with Crippen LogP contribution < -0.4 is 5.32 Å². The van der Waals surface area contributed by atoms with Gasteiger partial charge in [0.25, 0.3) is 5.91 Å². The van der Waals surface area contributed by atoms with Crippen LogP contribution in [-0.4, -0.2) is 25.9 Å². The van der Waals surface area contributed by atoms with Gasteiger partial charge in [-0.15, -0.1) is 5.10 Å². The van der Waals surface area contributed by atoms with Crippen LogP contribution in [0.25, 0.3) is 11.5 Å². The number of para-hydroxylation sites is 1. The Morgan fingerprint density at radius 1 is 1.10 bits per heavy atom. The van der Waals surface area contributed by atoms with E-state index in [0.29, 0.717) is 45.3 Å². The number of nitrogens with zero attached hydrogens (tertiary/aromatic N) is 4. The van der Waals surface area contributed by atoms with Gasteiger partial charge >= 0.3 is 0 Å². The molecule has 0 atom stereocenters. The number of anilines is 1. The first kappa shape index (κ1) is 20.1. The molecule has 7 nitrogen and oxygen atoms in total. The molecule has 0 saturated heterocycles. The van der Waals surface area contributed by atoms with Gasteiger partial charge in [0.15, 0.2) is 5.69 Å². The summed E-state index contributed by atoms with van der Waals surface area (Å²) in [5, 5.41) is 12.0. The second kappa shape index (κ2) is 8.30. The van der Waals surface area contributed by atoms with Crippen LogP contribution in [0.2, 0.25) is 10.0 Å². The first-order valence-electron chi connectivity index (χ1n) is 9.10. The minimum Gasteiger partial charge on any atom is -0.441 e. The Hall–Kier alpha value is -3.16. The summed E-state index contributed by atoms with van der Waals surface area (Å²) in [4.78, 5) is 17.2. The van der Waals surface area contributed by atoms with E-state index in [2.05, 4.69) is 20.6 Å². The molecule has 0 aliphatic rings. The number of aryl methyl sites for hydroxylation is 1. The summed E-state index contributed by atoms with van der Waals surface area (Å²) >= 11 is 12.0. The highest BCUT2D eigenvalue weighted by atomic mass is 35.5. The summed E-state index contributed by atoms with van der Waals surface area (Å²) in [5.41, 5.74) is 2.86. The summed E-state index contributed by atoms with van der Waals surface area (Å²) in [6, 6.07) is 14.2. The average molecular weight is 442 g/mol. The minimum absolute atomic E-state index is 0.217. The number of benzene rings is 2. The van der Waals surface area contributed by atoms with E-state index < -0.39 is 0 Å². The van der Waals surface area contributed by atoms with Crippen molar-refractivity contribution in [2.45, 2.75) is 20.4 Å². The average Bonchev–Trinajstić information content (AvgIpc) is 3.27. The van der Waals surface area contributed by atoms with Crippen molar-refractivity contribution in [3.63, 3.8) is 0 Å². The molecular weight excluding hydrogens is 425 g/mol. The number of aromatic nitrogens is 4. The number of oxazole rings is 1. The van der Waals surface area contributed by atoms with Crippen LogP contribution >= 0.6 is 23.2 Å². The summed E-state index contributed by atoms with van der Waals surface area (Å²) in [5.74, 6) is 0.774. The van der Waals surface area contributed by atoms with Crippen molar-refractivity contribution in [1.29, 1.82) is 0 Å². The fourth-order valence-electron chi connectivity index (χ4n) is 2.90. The highest BCUT2D eigenvalue weighted by Crippen LogP contribution is 2.24. The molecule has 0 aliphatic carbocycles. The van der Waals surface area contributed by atoms with E-state index in [1.807, 2.05) is 19.1 Å². The fraction of sp³-hybridized carbons (Fsp3) is 0.143. The molecule has 4 aromatic rings. The van der Waals surface area contributed by atoms with Crippen LogP contribution in [0.3, 0.4) is 0 Å². The maximum absolute atomic E-state index is 12.6. The van der Waals surface area contributed by atoms with Gasteiger partial charge in [-0.1, -0.05) is 40.5 Å². The van der Waals surface area contributed by atoms with Gasteiger partial charge in [-0.3, -0.25) is 4.79 Å². The predicted octanol–water partition coefficient (Wildman–Crippen LogP) is 5.16. The number of rotatable bonds is 5. The van der Waals surface area contributed by atoms with Crippen molar-refractivity contribution < 1.29 is 9.21 Å². The third kappa shape index (κ3) is 4.08. The Morgan fingerprint density at radius 2 is 1.83 bits per heavy atom. The molecule has 2 aromatic heterocycles. The van der Waals surface area contributed by atoms with Gasteiger partial charge in [0.1, 0.15) is 11.5 Å². The Kier molecular flexibility index (Phi) is 5.57. The first-order valence-corrected chi connectivity index (χ1v) is 9.86. The van der Waals surface area contributed by atoms with Crippen molar-refractivity contribution in [2.75, 3.05) is 5.32 Å². The summed E-state index contributed by atoms with van der Waals surface area (Å²) in [7, 11) is 0. The van der Waals surface area contributed by atoms with Gasteiger partial charge in [-0.2, -0.15) is 0 Å². The second-order valence-electron chi connectivity index (χ2n) is 6.64. The zero-order chi connectivity index (χ0) is 21.3. The number of hydrogen-bond donors (Lipinski definition) is 1. The van der Waals surface area contributed by atoms with Gasteiger partial charge in [0.2, 0.25) is 5.89 Å². The highest BCUT2D eigenvalue weighted by Gasteiger charge is 2.19. The van der Waals surface area contributed by atoms with Crippen LogP contribution in [0.1, 0.15) is 27.6 Å². The highest BCUT2D eigenvalue weighted by molar-refractivity contribution is 6.33. The molecule has 9 heteroatoms. The molecule has 0 spiro atoms. The first-order chi connectivity index (χ1) is 14.4. The molecule has 0 fully saturated rings. The molecule has 4 rings (SSSR count). The molecule has 2 aromatic carbocycles. The second-order valence-corrected chi connectivity index (χ2v) is 7.49. The van der Waals surface area contributed by atoms with E-state index in [4.69, 9.17) is 27.6 Å². The van der Waals surface area contributed by atoms with Gasteiger partial charge in [-0.25, -0.2) is 9.67 Å². The van der Waals surface area contributed by atoms with Crippen molar-refractivity contribution >= 4 is 34.8 Å². The molecule has 30 heavy (non-hydrogen) atoms. The van der Waals surface area contributed by atoms with E-state index in [0.717, 1.165) is 5.56 Å². The molecule has 0 unspecified atom stereocenters. The number of halogens is 2. The van der Waals surface area contributed by atoms with E-state index in [-0.39, 0.29) is 11.6 Å². The van der Waals surface area contributed by atoms with Gasteiger partial charge in [0, 0.05) is 10.6 Å². The summed E-state index contributed by atoms with van der Waals surface area (Å²) in [6.45, 7) is 3.93. The number of nitrogens with one attached hydrogen (secondary N) is 1. The summed E-state index contributed by atoms with van der Waals surface area (Å²) in [6.07, 6.45) is 0. The number of carbonyl (C=O) groups excluding carboxylic acids is 1.